The maximum atomic E-state index is 12.3. The zero-order valence-electron chi connectivity index (χ0n) is 14.6. The molecule has 1 aliphatic heterocycles. The van der Waals surface area contributed by atoms with Gasteiger partial charge in [0.25, 0.3) is 0 Å². The predicted molar refractivity (Wildman–Crippen MR) is 90.3 cm³/mol. The average molecular weight is 296 g/mol. The fourth-order valence-electron chi connectivity index (χ4n) is 3.78. The van der Waals surface area contributed by atoms with E-state index in [9.17, 15) is 4.79 Å². The summed E-state index contributed by atoms with van der Waals surface area (Å²) in [4.78, 5) is 12.3. The van der Waals surface area contributed by atoms with Crippen LogP contribution in [-0.4, -0.2) is 24.5 Å². The molecule has 2 fully saturated rings. The molecule has 0 radical (unpaired) electrons. The number of rotatable bonds is 5. The van der Waals surface area contributed by atoms with Gasteiger partial charge in [0.1, 0.15) is 0 Å². The highest BCUT2D eigenvalue weighted by atomic mass is 16.2. The Kier molecular flexibility index (Phi) is 8.98. The quantitative estimate of drug-likeness (QED) is 0.808. The first kappa shape index (κ1) is 18.5. The van der Waals surface area contributed by atoms with Crippen molar-refractivity contribution < 1.29 is 4.79 Å². The van der Waals surface area contributed by atoms with Crippen molar-refractivity contribution in [3.05, 3.63) is 0 Å². The summed E-state index contributed by atoms with van der Waals surface area (Å²) in [5.74, 6) is 1.71. The standard InChI is InChI=1S/C16H30N2O.C2H6/c1-3-4-8-13-12(2)7-5-9-14(13)18-16(19)15-10-6-11-17-15;1-2/h12-15,17H,3-11H2,1-2H3,(H,18,19);1-2H3. The van der Waals surface area contributed by atoms with Crippen LogP contribution in [0, 0.1) is 11.8 Å². The zero-order chi connectivity index (χ0) is 15.7. The minimum atomic E-state index is 0.0732. The van der Waals surface area contributed by atoms with E-state index in [-0.39, 0.29) is 11.9 Å². The first-order chi connectivity index (χ1) is 10.2. The van der Waals surface area contributed by atoms with Gasteiger partial charge in [-0.25, -0.2) is 0 Å². The average Bonchev–Trinajstić information content (AvgIpc) is 3.03. The van der Waals surface area contributed by atoms with E-state index >= 15 is 0 Å². The van der Waals surface area contributed by atoms with Crippen LogP contribution in [-0.2, 0) is 4.79 Å². The van der Waals surface area contributed by atoms with E-state index < -0.39 is 0 Å². The van der Waals surface area contributed by atoms with Crippen molar-refractivity contribution >= 4 is 5.91 Å². The SMILES string of the molecule is CC.CCCCC1C(C)CCCC1NC(=O)C1CCCN1. The Morgan fingerprint density at radius 2 is 1.95 bits per heavy atom. The molecule has 1 aliphatic carbocycles. The molecule has 0 aromatic carbocycles. The van der Waals surface area contributed by atoms with E-state index in [0.29, 0.717) is 12.0 Å². The van der Waals surface area contributed by atoms with Gasteiger partial charge in [0.05, 0.1) is 6.04 Å². The summed E-state index contributed by atoms with van der Waals surface area (Å²) in [5.41, 5.74) is 0. The first-order valence-corrected chi connectivity index (χ1v) is 9.26. The molecule has 0 bridgehead atoms. The van der Waals surface area contributed by atoms with Gasteiger partial charge >= 0.3 is 0 Å². The van der Waals surface area contributed by atoms with Crippen LogP contribution in [0.15, 0.2) is 0 Å². The molecule has 4 unspecified atom stereocenters. The van der Waals surface area contributed by atoms with Gasteiger partial charge in [0.2, 0.25) is 5.91 Å². The third kappa shape index (κ3) is 5.61. The highest BCUT2D eigenvalue weighted by Gasteiger charge is 2.33. The summed E-state index contributed by atoms with van der Waals surface area (Å²) in [5, 5.41) is 6.65. The molecule has 2 N–H and O–H groups in total. The Bertz CT molecular complexity index is 287. The molecule has 1 saturated carbocycles. The lowest BCUT2D eigenvalue weighted by molar-refractivity contribution is -0.124. The summed E-state index contributed by atoms with van der Waals surface area (Å²) in [7, 11) is 0. The number of unbranched alkanes of at least 4 members (excludes halogenated alkanes) is 1. The van der Waals surface area contributed by atoms with E-state index in [1.165, 1.54) is 38.5 Å². The van der Waals surface area contributed by atoms with Gasteiger partial charge in [0, 0.05) is 6.04 Å². The minimum absolute atomic E-state index is 0.0732. The van der Waals surface area contributed by atoms with E-state index in [2.05, 4.69) is 24.5 Å². The van der Waals surface area contributed by atoms with Gasteiger partial charge < -0.3 is 10.6 Å². The topological polar surface area (TPSA) is 41.1 Å². The number of carbonyl (C=O) groups is 1. The van der Waals surface area contributed by atoms with E-state index in [0.717, 1.165) is 25.3 Å². The maximum Gasteiger partial charge on any atom is 0.237 e. The third-order valence-electron chi connectivity index (χ3n) is 5.02. The third-order valence-corrected chi connectivity index (χ3v) is 5.02. The molecular formula is C18H36N2O. The largest absolute Gasteiger partial charge is 0.352 e. The van der Waals surface area contributed by atoms with Gasteiger partial charge in [-0.3, -0.25) is 4.79 Å². The van der Waals surface area contributed by atoms with Crippen molar-refractivity contribution in [3.63, 3.8) is 0 Å². The first-order valence-electron chi connectivity index (χ1n) is 9.26. The van der Waals surface area contributed by atoms with E-state index in [4.69, 9.17) is 0 Å². The Morgan fingerprint density at radius 3 is 2.57 bits per heavy atom. The fraction of sp³-hybridized carbons (Fsp3) is 0.944. The highest BCUT2D eigenvalue weighted by molar-refractivity contribution is 5.82. The van der Waals surface area contributed by atoms with Crippen LogP contribution in [0.2, 0.25) is 0 Å². The molecule has 1 amide bonds. The van der Waals surface area contributed by atoms with Crippen LogP contribution in [0.1, 0.15) is 79.1 Å². The molecule has 3 heteroatoms. The van der Waals surface area contributed by atoms with Crippen LogP contribution in [0.5, 0.6) is 0 Å². The molecule has 3 nitrogen and oxygen atoms in total. The monoisotopic (exact) mass is 296 g/mol. The summed E-state index contributed by atoms with van der Waals surface area (Å²) in [6.45, 7) is 9.62. The molecule has 124 valence electrons. The number of carbonyl (C=O) groups excluding carboxylic acids is 1. The van der Waals surface area contributed by atoms with Crippen LogP contribution in [0.25, 0.3) is 0 Å². The molecule has 2 rings (SSSR count). The molecular weight excluding hydrogens is 260 g/mol. The molecule has 0 aromatic heterocycles. The molecule has 0 spiro atoms. The van der Waals surface area contributed by atoms with Crippen LogP contribution in [0.3, 0.4) is 0 Å². The molecule has 1 heterocycles. The predicted octanol–water partition coefficient (Wildman–Crippen LogP) is 3.88. The number of amides is 1. The molecule has 4 atom stereocenters. The van der Waals surface area contributed by atoms with Gasteiger partial charge in [-0.1, -0.05) is 53.4 Å². The summed E-state index contributed by atoms with van der Waals surface area (Å²) in [6, 6.07) is 0.495. The number of hydrogen-bond acceptors (Lipinski definition) is 2. The van der Waals surface area contributed by atoms with Gasteiger partial charge in [-0.15, -0.1) is 0 Å². The summed E-state index contributed by atoms with van der Waals surface area (Å²) >= 11 is 0. The highest BCUT2D eigenvalue weighted by Crippen LogP contribution is 2.33. The van der Waals surface area contributed by atoms with Crippen molar-refractivity contribution in [1.82, 2.24) is 10.6 Å². The fourth-order valence-corrected chi connectivity index (χ4v) is 3.78. The maximum absolute atomic E-state index is 12.3. The lowest BCUT2D eigenvalue weighted by Gasteiger charge is -2.37. The minimum Gasteiger partial charge on any atom is -0.352 e. The van der Waals surface area contributed by atoms with E-state index in [1.54, 1.807) is 0 Å². The van der Waals surface area contributed by atoms with Crippen LogP contribution < -0.4 is 10.6 Å². The summed E-state index contributed by atoms with van der Waals surface area (Å²) in [6.07, 6.45) is 9.76. The molecule has 1 saturated heterocycles. The van der Waals surface area contributed by atoms with Crippen LogP contribution >= 0.6 is 0 Å². The van der Waals surface area contributed by atoms with Gasteiger partial charge in [-0.2, -0.15) is 0 Å². The van der Waals surface area contributed by atoms with Gasteiger partial charge in [-0.05, 0) is 44.1 Å². The smallest absolute Gasteiger partial charge is 0.237 e. The zero-order valence-corrected chi connectivity index (χ0v) is 14.6. The molecule has 0 aromatic rings. The van der Waals surface area contributed by atoms with Crippen molar-refractivity contribution in [3.8, 4) is 0 Å². The van der Waals surface area contributed by atoms with Crippen molar-refractivity contribution in [1.29, 1.82) is 0 Å². The lowest BCUT2D eigenvalue weighted by Crippen LogP contribution is -2.50. The normalized spacial score (nSPS) is 32.2. The van der Waals surface area contributed by atoms with Gasteiger partial charge in [0.15, 0.2) is 0 Å². The Morgan fingerprint density at radius 1 is 1.19 bits per heavy atom. The van der Waals surface area contributed by atoms with Crippen molar-refractivity contribution in [2.24, 2.45) is 11.8 Å². The molecule has 21 heavy (non-hydrogen) atoms. The Balaban J connectivity index is 0.00000106. The summed E-state index contributed by atoms with van der Waals surface area (Å²) < 4.78 is 0. The second kappa shape index (κ2) is 10.2. The van der Waals surface area contributed by atoms with Crippen molar-refractivity contribution in [2.75, 3.05) is 6.54 Å². The van der Waals surface area contributed by atoms with Crippen LogP contribution in [0.4, 0.5) is 0 Å². The molecule has 2 aliphatic rings. The number of nitrogens with one attached hydrogen (secondary N) is 2. The number of hydrogen-bond donors (Lipinski definition) is 2. The Labute approximate surface area is 131 Å². The second-order valence-corrected chi connectivity index (χ2v) is 6.48. The van der Waals surface area contributed by atoms with Crippen molar-refractivity contribution in [2.45, 2.75) is 91.1 Å². The lowest BCUT2D eigenvalue weighted by atomic mass is 9.74. The Hall–Kier alpha value is -0.570. The second-order valence-electron chi connectivity index (χ2n) is 6.48. The van der Waals surface area contributed by atoms with E-state index in [1.807, 2.05) is 13.8 Å².